The Hall–Kier alpha value is -1.29. The van der Waals surface area contributed by atoms with Gasteiger partial charge < -0.3 is 9.51 Å². The van der Waals surface area contributed by atoms with E-state index >= 15 is 0 Å². The summed E-state index contributed by atoms with van der Waals surface area (Å²) in [4.78, 5) is 10.9. The smallest absolute Gasteiger partial charge is 0.337 e. The maximum absolute atomic E-state index is 10.9. The van der Waals surface area contributed by atoms with Gasteiger partial charge in [0.1, 0.15) is 0 Å². The predicted molar refractivity (Wildman–Crippen MR) is 56.8 cm³/mol. The Morgan fingerprint density at radius 2 is 2.21 bits per heavy atom. The Morgan fingerprint density at radius 1 is 1.50 bits per heavy atom. The second-order valence-corrected chi connectivity index (χ2v) is 4.00. The first-order valence-electron chi connectivity index (χ1n) is 4.10. The van der Waals surface area contributed by atoms with Crippen molar-refractivity contribution >= 4 is 27.4 Å². The fourth-order valence-corrected chi connectivity index (χ4v) is 1.86. The topological polar surface area (TPSA) is 41.7 Å². The lowest BCUT2D eigenvalue weighted by atomic mass is 10.2. The van der Waals surface area contributed by atoms with Gasteiger partial charge in [0.25, 0.3) is 0 Å². The molecule has 0 aliphatic rings. The molecule has 0 spiro atoms. The summed E-state index contributed by atoms with van der Waals surface area (Å²) in [7, 11) is 0. The Morgan fingerprint density at radius 3 is 2.86 bits per heavy atom. The van der Waals surface area contributed by atoms with Crippen molar-refractivity contribution in [3.8, 4) is 0 Å². The Bertz CT molecular complexity index is 516. The van der Waals surface area contributed by atoms with Crippen molar-refractivity contribution in [1.82, 2.24) is 4.40 Å². The molecule has 1 N–H and O–H groups in total. The van der Waals surface area contributed by atoms with Gasteiger partial charge in [0.05, 0.1) is 5.56 Å². The van der Waals surface area contributed by atoms with Crippen molar-refractivity contribution in [3.63, 3.8) is 0 Å². The minimum atomic E-state index is -0.887. The molecule has 0 saturated carbocycles. The number of aromatic carboxylic acids is 1. The third-order valence-corrected chi connectivity index (χ3v) is 2.71. The largest absolute Gasteiger partial charge is 0.478 e. The van der Waals surface area contributed by atoms with Gasteiger partial charge >= 0.3 is 5.97 Å². The number of pyridine rings is 1. The van der Waals surface area contributed by atoms with Crippen LogP contribution in [0.15, 0.2) is 28.9 Å². The molecule has 0 amide bonds. The van der Waals surface area contributed by atoms with Gasteiger partial charge in [-0.3, -0.25) is 0 Å². The average Bonchev–Trinajstić information content (AvgIpc) is 2.43. The number of nitrogens with zero attached hydrogens (tertiary/aromatic N) is 1. The highest BCUT2D eigenvalue weighted by Crippen LogP contribution is 2.19. The molecule has 2 aromatic heterocycles. The van der Waals surface area contributed by atoms with E-state index in [2.05, 4.69) is 15.9 Å². The molecule has 0 fully saturated rings. The van der Waals surface area contributed by atoms with Crippen molar-refractivity contribution in [3.05, 3.63) is 40.1 Å². The van der Waals surface area contributed by atoms with Gasteiger partial charge in [0, 0.05) is 21.9 Å². The van der Waals surface area contributed by atoms with Crippen LogP contribution in [0.3, 0.4) is 0 Å². The van der Waals surface area contributed by atoms with E-state index in [9.17, 15) is 4.79 Å². The SMILES string of the molecule is Cc1c(C(=O)O)cc2cc(Br)ccn12. The number of aromatic nitrogens is 1. The first-order valence-corrected chi connectivity index (χ1v) is 4.89. The second kappa shape index (κ2) is 3.13. The van der Waals surface area contributed by atoms with Crippen LogP contribution >= 0.6 is 15.9 Å². The number of carbonyl (C=O) groups is 1. The van der Waals surface area contributed by atoms with E-state index in [0.717, 1.165) is 15.7 Å². The van der Waals surface area contributed by atoms with Crippen molar-refractivity contribution in [2.75, 3.05) is 0 Å². The predicted octanol–water partition coefficient (Wildman–Crippen LogP) is 2.71. The van der Waals surface area contributed by atoms with E-state index in [0.29, 0.717) is 5.56 Å². The monoisotopic (exact) mass is 253 g/mol. The number of carboxylic acid groups (broad SMARTS) is 1. The fourth-order valence-electron chi connectivity index (χ4n) is 1.51. The van der Waals surface area contributed by atoms with Crippen LogP contribution in [0.25, 0.3) is 5.52 Å². The molecule has 0 saturated heterocycles. The van der Waals surface area contributed by atoms with E-state index < -0.39 is 5.97 Å². The van der Waals surface area contributed by atoms with Gasteiger partial charge in [-0.25, -0.2) is 4.79 Å². The Labute approximate surface area is 89.1 Å². The van der Waals surface area contributed by atoms with E-state index in [4.69, 9.17) is 5.11 Å². The highest BCUT2D eigenvalue weighted by Gasteiger charge is 2.11. The molecule has 2 rings (SSSR count). The van der Waals surface area contributed by atoms with E-state index in [-0.39, 0.29) is 0 Å². The fraction of sp³-hybridized carbons (Fsp3) is 0.100. The highest BCUT2D eigenvalue weighted by atomic mass is 79.9. The van der Waals surface area contributed by atoms with Crippen LogP contribution in [0.2, 0.25) is 0 Å². The molecule has 0 radical (unpaired) electrons. The number of fused-ring (bicyclic) bond motifs is 1. The van der Waals surface area contributed by atoms with E-state index in [1.165, 1.54) is 0 Å². The minimum Gasteiger partial charge on any atom is -0.478 e. The lowest BCUT2D eigenvalue weighted by Gasteiger charge is -1.97. The lowest BCUT2D eigenvalue weighted by molar-refractivity contribution is 0.0696. The first kappa shape index (κ1) is 9.27. The van der Waals surface area contributed by atoms with Crippen LogP contribution in [-0.2, 0) is 0 Å². The molecule has 0 unspecified atom stereocenters. The minimum absolute atomic E-state index is 0.350. The number of hydrogen-bond acceptors (Lipinski definition) is 1. The standard InChI is InChI=1S/C10H8BrNO2/c1-6-9(10(13)14)5-8-4-7(11)2-3-12(6)8/h2-5H,1H3,(H,13,14). The second-order valence-electron chi connectivity index (χ2n) is 3.09. The molecule has 3 nitrogen and oxygen atoms in total. The van der Waals surface area contributed by atoms with Crippen LogP contribution in [0.4, 0.5) is 0 Å². The molecular formula is C10H8BrNO2. The first-order chi connectivity index (χ1) is 6.59. The Kier molecular flexibility index (Phi) is 2.07. The molecule has 0 atom stereocenters. The number of hydrogen-bond donors (Lipinski definition) is 1. The molecular weight excluding hydrogens is 246 g/mol. The summed E-state index contributed by atoms with van der Waals surface area (Å²) in [6.07, 6.45) is 1.85. The summed E-state index contributed by atoms with van der Waals surface area (Å²) in [6.45, 7) is 1.80. The maximum atomic E-state index is 10.9. The summed E-state index contributed by atoms with van der Waals surface area (Å²) >= 11 is 3.34. The van der Waals surface area contributed by atoms with Crippen LogP contribution < -0.4 is 0 Å². The molecule has 2 aromatic rings. The van der Waals surface area contributed by atoms with Gasteiger partial charge in [-0.1, -0.05) is 15.9 Å². The number of aryl methyl sites for hydroxylation is 1. The quantitative estimate of drug-likeness (QED) is 0.850. The van der Waals surface area contributed by atoms with Crippen LogP contribution in [0.5, 0.6) is 0 Å². The summed E-state index contributed by atoms with van der Waals surface area (Å²) in [5, 5.41) is 8.91. The zero-order chi connectivity index (χ0) is 10.3. The molecule has 0 bridgehead atoms. The van der Waals surface area contributed by atoms with E-state index in [1.54, 1.807) is 13.0 Å². The van der Waals surface area contributed by atoms with Gasteiger partial charge in [0.15, 0.2) is 0 Å². The van der Waals surface area contributed by atoms with E-state index in [1.807, 2.05) is 22.7 Å². The van der Waals surface area contributed by atoms with Crippen molar-refractivity contribution < 1.29 is 9.90 Å². The summed E-state index contributed by atoms with van der Waals surface area (Å²) in [5.41, 5.74) is 1.98. The zero-order valence-corrected chi connectivity index (χ0v) is 9.08. The van der Waals surface area contributed by atoms with Gasteiger partial charge in [0.2, 0.25) is 0 Å². The third kappa shape index (κ3) is 1.32. The number of halogens is 1. The summed E-state index contributed by atoms with van der Waals surface area (Å²) in [6, 6.07) is 5.44. The molecule has 0 aliphatic carbocycles. The molecule has 2 heterocycles. The van der Waals surface area contributed by atoms with Crippen LogP contribution in [0.1, 0.15) is 16.1 Å². The molecule has 14 heavy (non-hydrogen) atoms. The molecule has 72 valence electrons. The van der Waals surface area contributed by atoms with Crippen molar-refractivity contribution in [2.45, 2.75) is 6.92 Å². The normalized spacial score (nSPS) is 10.7. The molecule has 0 aliphatic heterocycles. The summed E-state index contributed by atoms with van der Waals surface area (Å²) < 4.78 is 2.80. The summed E-state index contributed by atoms with van der Waals surface area (Å²) in [5.74, 6) is -0.887. The third-order valence-electron chi connectivity index (χ3n) is 2.22. The van der Waals surface area contributed by atoms with Gasteiger partial charge in [-0.05, 0) is 25.1 Å². The maximum Gasteiger partial charge on any atom is 0.337 e. The van der Waals surface area contributed by atoms with Gasteiger partial charge in [-0.15, -0.1) is 0 Å². The average molecular weight is 254 g/mol. The Balaban J connectivity index is 2.79. The van der Waals surface area contributed by atoms with Crippen LogP contribution in [-0.4, -0.2) is 15.5 Å². The van der Waals surface area contributed by atoms with Crippen LogP contribution in [0, 0.1) is 6.92 Å². The molecule has 0 aromatic carbocycles. The molecule has 4 heteroatoms. The number of rotatable bonds is 1. The lowest BCUT2D eigenvalue weighted by Crippen LogP contribution is -1.97. The van der Waals surface area contributed by atoms with Crippen molar-refractivity contribution in [2.24, 2.45) is 0 Å². The zero-order valence-electron chi connectivity index (χ0n) is 7.49. The van der Waals surface area contributed by atoms with Crippen molar-refractivity contribution in [1.29, 1.82) is 0 Å². The highest BCUT2D eigenvalue weighted by molar-refractivity contribution is 9.10. The number of carboxylic acids is 1. The van der Waals surface area contributed by atoms with Gasteiger partial charge in [-0.2, -0.15) is 0 Å².